The summed E-state index contributed by atoms with van der Waals surface area (Å²) in [5.41, 5.74) is 3.37. The third kappa shape index (κ3) is 3.76. The van der Waals surface area contributed by atoms with Crippen LogP contribution in [-0.4, -0.2) is 28.4 Å². The number of ketones is 1. The predicted octanol–water partition coefficient (Wildman–Crippen LogP) is 6.15. The van der Waals surface area contributed by atoms with Crippen LogP contribution in [0.2, 0.25) is 5.02 Å². The molecule has 4 aromatic rings. The summed E-state index contributed by atoms with van der Waals surface area (Å²) in [6, 6.07) is 19.0. The van der Waals surface area contributed by atoms with E-state index in [4.69, 9.17) is 16.3 Å². The molecule has 35 heavy (non-hydrogen) atoms. The van der Waals surface area contributed by atoms with Crippen LogP contribution in [-0.2, 0) is 9.59 Å². The average Bonchev–Trinajstić information content (AvgIpc) is 3.39. The fourth-order valence-corrected chi connectivity index (χ4v) is 4.77. The summed E-state index contributed by atoms with van der Waals surface area (Å²) >= 11 is 6.23. The number of carbonyl (C=O) groups is 2. The number of nitrogens with one attached hydrogen (secondary N) is 1. The number of aromatic amines is 1. The summed E-state index contributed by atoms with van der Waals surface area (Å²) in [6.45, 7) is 4.10. The topological polar surface area (TPSA) is 82.6 Å². The third-order valence-electron chi connectivity index (χ3n) is 6.24. The molecule has 2 heterocycles. The first-order valence-corrected chi connectivity index (χ1v) is 11.7. The van der Waals surface area contributed by atoms with E-state index in [1.165, 1.54) is 4.90 Å². The summed E-state index contributed by atoms with van der Waals surface area (Å²) in [6.07, 6.45) is 1.78. The maximum atomic E-state index is 13.5. The number of para-hydroxylation sites is 2. The fourth-order valence-electron chi connectivity index (χ4n) is 4.60. The number of aliphatic hydroxyl groups excluding tert-OH is 1. The average molecular weight is 487 g/mol. The van der Waals surface area contributed by atoms with E-state index < -0.39 is 17.7 Å². The number of Topliss-reactive ketones (excluding diaryl/α,β-unsaturated/α-hetero) is 1. The molecular formula is C28H23ClN2O4. The lowest BCUT2D eigenvalue weighted by Gasteiger charge is -2.26. The summed E-state index contributed by atoms with van der Waals surface area (Å²) in [7, 11) is 0. The number of ether oxygens (including phenoxy) is 1. The van der Waals surface area contributed by atoms with E-state index in [1.807, 2.05) is 56.3 Å². The second-order valence-electron chi connectivity index (χ2n) is 8.32. The van der Waals surface area contributed by atoms with Crippen LogP contribution in [0, 0.1) is 6.92 Å². The Balaban J connectivity index is 1.78. The lowest BCUT2D eigenvalue weighted by molar-refractivity contribution is -0.132. The van der Waals surface area contributed by atoms with Crippen molar-refractivity contribution in [3.63, 3.8) is 0 Å². The Morgan fingerprint density at radius 2 is 1.83 bits per heavy atom. The van der Waals surface area contributed by atoms with Gasteiger partial charge < -0.3 is 14.8 Å². The molecule has 0 aliphatic carbocycles. The van der Waals surface area contributed by atoms with Crippen LogP contribution in [0.4, 0.5) is 5.69 Å². The van der Waals surface area contributed by atoms with Gasteiger partial charge in [-0.25, -0.2) is 0 Å². The molecule has 1 aromatic heterocycles. The number of aliphatic hydroxyl groups is 1. The molecule has 1 fully saturated rings. The van der Waals surface area contributed by atoms with Crippen LogP contribution < -0.4 is 9.64 Å². The molecular weight excluding hydrogens is 464 g/mol. The normalized spacial score (nSPS) is 17.3. The number of nitrogens with zero attached hydrogens (tertiary/aromatic N) is 1. The van der Waals surface area contributed by atoms with E-state index in [2.05, 4.69) is 4.98 Å². The van der Waals surface area contributed by atoms with Crippen molar-refractivity contribution in [3.05, 3.63) is 100 Å². The molecule has 1 saturated heterocycles. The first kappa shape index (κ1) is 22.7. The van der Waals surface area contributed by atoms with E-state index in [1.54, 1.807) is 30.5 Å². The van der Waals surface area contributed by atoms with Crippen molar-refractivity contribution < 1.29 is 19.4 Å². The highest BCUT2D eigenvalue weighted by molar-refractivity contribution is 6.52. The molecule has 1 amide bonds. The molecule has 2 N–H and O–H groups in total. The Bertz CT molecular complexity index is 1500. The Morgan fingerprint density at radius 3 is 2.60 bits per heavy atom. The van der Waals surface area contributed by atoms with E-state index >= 15 is 0 Å². The van der Waals surface area contributed by atoms with Gasteiger partial charge >= 0.3 is 0 Å². The first-order chi connectivity index (χ1) is 16.9. The van der Waals surface area contributed by atoms with Gasteiger partial charge in [0.15, 0.2) is 0 Å². The van der Waals surface area contributed by atoms with Gasteiger partial charge in [0, 0.05) is 33.9 Å². The van der Waals surface area contributed by atoms with E-state index in [0.717, 1.165) is 16.5 Å². The van der Waals surface area contributed by atoms with Crippen molar-refractivity contribution in [3.8, 4) is 5.75 Å². The fraction of sp³-hybridized carbons (Fsp3) is 0.143. The van der Waals surface area contributed by atoms with Crippen LogP contribution in [0.5, 0.6) is 5.75 Å². The number of carbonyl (C=O) groups excluding carboxylic acids is 2. The number of amides is 1. The van der Waals surface area contributed by atoms with Gasteiger partial charge in [-0.2, -0.15) is 0 Å². The van der Waals surface area contributed by atoms with Crippen LogP contribution in [0.1, 0.15) is 29.7 Å². The number of rotatable bonds is 5. The van der Waals surface area contributed by atoms with Crippen LogP contribution in [0.3, 0.4) is 0 Å². The maximum Gasteiger partial charge on any atom is 0.300 e. The number of fused-ring (bicyclic) bond motifs is 1. The van der Waals surface area contributed by atoms with Gasteiger partial charge in [0.1, 0.15) is 11.5 Å². The minimum atomic E-state index is -0.835. The van der Waals surface area contributed by atoms with Gasteiger partial charge in [-0.05, 0) is 49.7 Å². The minimum Gasteiger partial charge on any atom is -0.507 e. The van der Waals surface area contributed by atoms with Crippen molar-refractivity contribution >= 4 is 45.6 Å². The zero-order chi connectivity index (χ0) is 24.7. The third-order valence-corrected chi connectivity index (χ3v) is 6.55. The quantitative estimate of drug-likeness (QED) is 0.201. The summed E-state index contributed by atoms with van der Waals surface area (Å²) in [5.74, 6) is -1.36. The van der Waals surface area contributed by atoms with Gasteiger partial charge in [-0.1, -0.05) is 48.0 Å². The molecule has 1 aliphatic rings. The van der Waals surface area contributed by atoms with Crippen molar-refractivity contribution in [2.75, 3.05) is 11.5 Å². The molecule has 0 radical (unpaired) electrons. The highest BCUT2D eigenvalue weighted by atomic mass is 35.5. The van der Waals surface area contributed by atoms with Gasteiger partial charge in [-0.15, -0.1) is 0 Å². The number of H-pyrrole nitrogens is 1. The molecule has 176 valence electrons. The largest absolute Gasteiger partial charge is 0.507 e. The zero-order valence-corrected chi connectivity index (χ0v) is 20.0. The minimum absolute atomic E-state index is 0.00720. The van der Waals surface area contributed by atoms with E-state index in [-0.39, 0.29) is 11.3 Å². The van der Waals surface area contributed by atoms with Crippen molar-refractivity contribution in [1.82, 2.24) is 4.98 Å². The Morgan fingerprint density at radius 1 is 1.09 bits per heavy atom. The SMILES string of the molecule is CCOc1cc(/C(O)=C2\C(=O)C(=O)N(c3ccccc3C)C2c2c[nH]c3ccccc23)ccc1Cl. The number of aryl methyl sites for hydroxylation is 1. The Labute approximate surface area is 207 Å². The van der Waals surface area contributed by atoms with E-state index in [9.17, 15) is 14.7 Å². The number of hydrogen-bond acceptors (Lipinski definition) is 4. The lowest BCUT2D eigenvalue weighted by atomic mass is 9.94. The maximum absolute atomic E-state index is 13.5. The molecule has 1 unspecified atom stereocenters. The predicted molar refractivity (Wildman–Crippen MR) is 137 cm³/mol. The van der Waals surface area contributed by atoms with Gasteiger partial charge in [0.2, 0.25) is 0 Å². The molecule has 1 atom stereocenters. The molecule has 3 aromatic carbocycles. The second-order valence-corrected chi connectivity index (χ2v) is 8.73. The molecule has 7 heteroatoms. The molecule has 0 bridgehead atoms. The van der Waals surface area contributed by atoms with Crippen LogP contribution >= 0.6 is 11.6 Å². The van der Waals surface area contributed by atoms with Crippen LogP contribution in [0.25, 0.3) is 16.7 Å². The summed E-state index contributed by atoms with van der Waals surface area (Å²) in [5, 5.41) is 12.7. The number of aromatic nitrogens is 1. The Kier molecular flexibility index (Phi) is 5.83. The zero-order valence-electron chi connectivity index (χ0n) is 19.2. The number of benzene rings is 3. The van der Waals surface area contributed by atoms with Crippen molar-refractivity contribution in [1.29, 1.82) is 0 Å². The summed E-state index contributed by atoms with van der Waals surface area (Å²) in [4.78, 5) is 31.6. The monoisotopic (exact) mass is 486 g/mol. The highest BCUT2D eigenvalue weighted by Crippen LogP contribution is 2.45. The van der Waals surface area contributed by atoms with E-state index in [0.29, 0.717) is 34.2 Å². The lowest BCUT2D eigenvalue weighted by Crippen LogP contribution is -2.30. The number of halogens is 1. The Hall–Kier alpha value is -4.03. The number of anilines is 1. The highest BCUT2D eigenvalue weighted by Gasteiger charge is 2.48. The molecule has 6 nitrogen and oxygen atoms in total. The van der Waals surface area contributed by atoms with Gasteiger partial charge in [-0.3, -0.25) is 14.5 Å². The van der Waals surface area contributed by atoms with Crippen molar-refractivity contribution in [2.45, 2.75) is 19.9 Å². The standard InChI is InChI=1S/C28H23ClN2O4/c1-3-35-23-14-17(12-13-20(23)29)26(32)24-25(19-15-30-21-10-6-5-9-18(19)21)31(28(34)27(24)33)22-11-7-4-8-16(22)2/h4-15,25,30,32H,3H2,1-2H3/b26-24+. The second kappa shape index (κ2) is 8.96. The molecule has 0 saturated carbocycles. The molecule has 1 aliphatic heterocycles. The molecule has 0 spiro atoms. The first-order valence-electron chi connectivity index (χ1n) is 11.3. The number of hydrogen-bond donors (Lipinski definition) is 2. The summed E-state index contributed by atoms with van der Waals surface area (Å²) < 4.78 is 5.57. The smallest absolute Gasteiger partial charge is 0.300 e. The molecule has 5 rings (SSSR count). The van der Waals surface area contributed by atoms with Gasteiger partial charge in [0.25, 0.3) is 11.7 Å². The van der Waals surface area contributed by atoms with Crippen molar-refractivity contribution in [2.24, 2.45) is 0 Å². The van der Waals surface area contributed by atoms with Crippen LogP contribution in [0.15, 0.2) is 78.5 Å². The van der Waals surface area contributed by atoms with Gasteiger partial charge in [0.05, 0.1) is 23.2 Å².